The fourth-order valence-corrected chi connectivity index (χ4v) is 2.70. The highest BCUT2D eigenvalue weighted by molar-refractivity contribution is 5.94. The van der Waals surface area contributed by atoms with Crippen LogP contribution in [0.15, 0.2) is 84.9 Å². The highest BCUT2D eigenvalue weighted by atomic mass is 16.5. The molecule has 0 spiro atoms. The standard InChI is InChI=1S/C22H19NO3/c1-16(24)26-20-14-12-19(13-15-20)22(25)23-21(17-8-4-2-5-9-17)18-10-6-3-7-11-18/h2-15,21H,1H3,(H,23,25). The summed E-state index contributed by atoms with van der Waals surface area (Å²) in [6.45, 7) is 1.34. The number of carbonyl (C=O) groups excluding carboxylic acids is 2. The van der Waals surface area contributed by atoms with Gasteiger partial charge >= 0.3 is 5.97 Å². The van der Waals surface area contributed by atoms with Crippen LogP contribution in [-0.2, 0) is 4.79 Å². The number of hydrogen-bond donors (Lipinski definition) is 1. The van der Waals surface area contributed by atoms with Crippen LogP contribution in [0.3, 0.4) is 0 Å². The number of esters is 1. The Bertz CT molecular complexity index is 835. The molecule has 130 valence electrons. The quantitative estimate of drug-likeness (QED) is 0.559. The van der Waals surface area contributed by atoms with Crippen LogP contribution < -0.4 is 10.1 Å². The van der Waals surface area contributed by atoms with Crippen molar-refractivity contribution in [1.29, 1.82) is 0 Å². The number of ether oxygens (including phenoxy) is 1. The first-order valence-corrected chi connectivity index (χ1v) is 8.33. The Morgan fingerprint density at radius 2 is 1.27 bits per heavy atom. The van der Waals surface area contributed by atoms with Gasteiger partial charge in [0.25, 0.3) is 5.91 Å². The van der Waals surface area contributed by atoms with E-state index in [9.17, 15) is 9.59 Å². The summed E-state index contributed by atoms with van der Waals surface area (Å²) in [6, 6.07) is 25.9. The van der Waals surface area contributed by atoms with Crippen molar-refractivity contribution in [2.24, 2.45) is 0 Å². The Morgan fingerprint density at radius 1 is 0.769 bits per heavy atom. The van der Waals surface area contributed by atoms with Gasteiger partial charge < -0.3 is 10.1 Å². The minimum Gasteiger partial charge on any atom is -0.427 e. The van der Waals surface area contributed by atoms with Crippen molar-refractivity contribution in [2.45, 2.75) is 13.0 Å². The molecule has 0 heterocycles. The van der Waals surface area contributed by atoms with Crippen molar-refractivity contribution in [3.8, 4) is 5.75 Å². The molecular weight excluding hydrogens is 326 g/mol. The molecule has 3 aromatic rings. The van der Waals surface area contributed by atoms with E-state index >= 15 is 0 Å². The first-order chi connectivity index (χ1) is 12.6. The molecule has 0 bridgehead atoms. The molecule has 1 N–H and O–H groups in total. The average molecular weight is 345 g/mol. The predicted octanol–water partition coefficient (Wildman–Crippen LogP) is 4.13. The van der Waals surface area contributed by atoms with Crippen LogP contribution >= 0.6 is 0 Å². The molecule has 4 nitrogen and oxygen atoms in total. The Morgan fingerprint density at radius 3 is 1.73 bits per heavy atom. The minimum atomic E-state index is -0.393. The molecule has 1 amide bonds. The zero-order valence-electron chi connectivity index (χ0n) is 14.4. The largest absolute Gasteiger partial charge is 0.427 e. The molecule has 0 saturated carbocycles. The number of rotatable bonds is 5. The number of carbonyl (C=O) groups is 2. The molecule has 4 heteroatoms. The van der Waals surface area contributed by atoms with Gasteiger partial charge in [-0.1, -0.05) is 60.7 Å². The van der Waals surface area contributed by atoms with E-state index < -0.39 is 5.97 Å². The van der Waals surface area contributed by atoms with Crippen molar-refractivity contribution >= 4 is 11.9 Å². The van der Waals surface area contributed by atoms with Crippen molar-refractivity contribution < 1.29 is 14.3 Å². The maximum Gasteiger partial charge on any atom is 0.308 e. The average Bonchev–Trinajstić information content (AvgIpc) is 2.67. The van der Waals surface area contributed by atoms with Gasteiger partial charge in [-0.05, 0) is 35.4 Å². The Kier molecular flexibility index (Phi) is 5.44. The van der Waals surface area contributed by atoms with E-state index in [-0.39, 0.29) is 11.9 Å². The van der Waals surface area contributed by atoms with E-state index in [4.69, 9.17) is 4.74 Å². The van der Waals surface area contributed by atoms with Crippen LogP contribution in [0.25, 0.3) is 0 Å². The van der Waals surface area contributed by atoms with Crippen LogP contribution in [0, 0.1) is 0 Å². The fraction of sp³-hybridized carbons (Fsp3) is 0.0909. The second-order valence-corrected chi connectivity index (χ2v) is 5.85. The molecule has 0 saturated heterocycles. The van der Waals surface area contributed by atoms with Crippen LogP contribution in [-0.4, -0.2) is 11.9 Å². The summed E-state index contributed by atoms with van der Waals surface area (Å²) in [7, 11) is 0. The lowest BCUT2D eigenvalue weighted by molar-refractivity contribution is -0.131. The maximum atomic E-state index is 12.7. The first kappa shape index (κ1) is 17.4. The van der Waals surface area contributed by atoms with Crippen LogP contribution in [0.1, 0.15) is 34.5 Å². The molecule has 0 radical (unpaired) electrons. The van der Waals surface area contributed by atoms with Crippen molar-refractivity contribution in [1.82, 2.24) is 5.32 Å². The second-order valence-electron chi connectivity index (χ2n) is 5.85. The molecule has 26 heavy (non-hydrogen) atoms. The SMILES string of the molecule is CC(=O)Oc1ccc(C(=O)NC(c2ccccc2)c2ccccc2)cc1. The van der Waals surface area contributed by atoms with Crippen molar-refractivity contribution in [3.63, 3.8) is 0 Å². The van der Waals surface area contributed by atoms with Crippen LogP contribution in [0.2, 0.25) is 0 Å². The van der Waals surface area contributed by atoms with Gasteiger partial charge in [-0.2, -0.15) is 0 Å². The third kappa shape index (κ3) is 4.36. The van der Waals surface area contributed by atoms with Gasteiger partial charge in [0.15, 0.2) is 0 Å². The molecule has 3 aromatic carbocycles. The van der Waals surface area contributed by atoms with Crippen molar-refractivity contribution in [3.05, 3.63) is 102 Å². The van der Waals surface area contributed by atoms with Gasteiger partial charge in [0, 0.05) is 12.5 Å². The normalized spacial score (nSPS) is 10.4. The predicted molar refractivity (Wildman–Crippen MR) is 99.9 cm³/mol. The molecular formula is C22H19NO3. The van der Waals surface area contributed by atoms with Crippen LogP contribution in [0.5, 0.6) is 5.75 Å². The zero-order valence-corrected chi connectivity index (χ0v) is 14.4. The highest BCUT2D eigenvalue weighted by Gasteiger charge is 2.17. The van der Waals surface area contributed by atoms with E-state index in [1.807, 2.05) is 60.7 Å². The molecule has 0 aliphatic carbocycles. The van der Waals surface area contributed by atoms with Gasteiger partial charge in [-0.25, -0.2) is 0 Å². The van der Waals surface area contributed by atoms with Gasteiger partial charge in [-0.3, -0.25) is 9.59 Å². The molecule has 0 fully saturated rings. The molecule has 0 atom stereocenters. The smallest absolute Gasteiger partial charge is 0.308 e. The third-order valence-electron chi connectivity index (χ3n) is 3.92. The molecule has 0 aromatic heterocycles. The number of benzene rings is 3. The Labute approximate surface area is 152 Å². The Balaban J connectivity index is 1.83. The third-order valence-corrected chi connectivity index (χ3v) is 3.92. The minimum absolute atomic E-state index is 0.197. The van der Waals surface area contributed by atoms with Gasteiger partial charge in [0.1, 0.15) is 5.75 Å². The van der Waals surface area contributed by atoms with Crippen LogP contribution in [0.4, 0.5) is 0 Å². The molecule has 0 unspecified atom stereocenters. The van der Waals surface area contributed by atoms with E-state index in [1.165, 1.54) is 6.92 Å². The second kappa shape index (κ2) is 8.12. The van der Waals surface area contributed by atoms with Crippen molar-refractivity contribution in [2.75, 3.05) is 0 Å². The van der Waals surface area contributed by atoms with Gasteiger partial charge in [0.05, 0.1) is 6.04 Å². The summed E-state index contributed by atoms with van der Waals surface area (Å²) in [5.41, 5.74) is 2.50. The monoisotopic (exact) mass is 345 g/mol. The maximum absolute atomic E-state index is 12.7. The molecule has 0 aliphatic rings. The number of nitrogens with one attached hydrogen (secondary N) is 1. The summed E-state index contributed by atoms with van der Waals surface area (Å²) in [5.74, 6) is -0.177. The zero-order chi connectivity index (χ0) is 18.4. The lowest BCUT2D eigenvalue weighted by Crippen LogP contribution is -2.29. The summed E-state index contributed by atoms with van der Waals surface area (Å²) >= 11 is 0. The molecule has 3 rings (SSSR count). The van der Waals surface area contributed by atoms with E-state index in [2.05, 4.69) is 5.32 Å². The fourth-order valence-electron chi connectivity index (χ4n) is 2.70. The highest BCUT2D eigenvalue weighted by Crippen LogP contribution is 2.22. The first-order valence-electron chi connectivity index (χ1n) is 8.33. The summed E-state index contributed by atoms with van der Waals surface area (Å²) in [5, 5.41) is 3.08. The topological polar surface area (TPSA) is 55.4 Å². The summed E-state index contributed by atoms with van der Waals surface area (Å²) in [4.78, 5) is 23.7. The van der Waals surface area contributed by atoms with E-state index in [0.717, 1.165) is 11.1 Å². The summed E-state index contributed by atoms with van der Waals surface area (Å²) in [6.07, 6.45) is 0. The van der Waals surface area contributed by atoms with E-state index in [1.54, 1.807) is 24.3 Å². The lowest BCUT2D eigenvalue weighted by Gasteiger charge is -2.20. The lowest BCUT2D eigenvalue weighted by atomic mass is 9.98. The van der Waals surface area contributed by atoms with Gasteiger partial charge in [-0.15, -0.1) is 0 Å². The molecule has 0 aliphatic heterocycles. The van der Waals surface area contributed by atoms with Gasteiger partial charge in [0.2, 0.25) is 0 Å². The Hall–Kier alpha value is -3.40. The summed E-state index contributed by atoms with van der Waals surface area (Å²) < 4.78 is 5.00. The number of hydrogen-bond acceptors (Lipinski definition) is 3. The van der Waals surface area contributed by atoms with E-state index in [0.29, 0.717) is 11.3 Å². The number of amides is 1.